The number of nitrogens with zero attached hydrogens (tertiary/aromatic N) is 3. The van der Waals surface area contributed by atoms with E-state index in [1.54, 1.807) is 24.3 Å². The highest BCUT2D eigenvalue weighted by Gasteiger charge is 2.17. The third kappa shape index (κ3) is 3.29. The Labute approximate surface area is 146 Å². The van der Waals surface area contributed by atoms with Gasteiger partial charge in [0.2, 0.25) is 0 Å². The number of aromatic nitrogens is 3. The molecule has 5 nitrogen and oxygen atoms in total. The van der Waals surface area contributed by atoms with Gasteiger partial charge in [-0.3, -0.25) is 4.79 Å². The molecule has 8 heteroatoms. The molecule has 0 aliphatic carbocycles. The molecule has 118 valence electrons. The number of carbonyl (C=O) groups is 1. The molecule has 0 spiro atoms. The maximum Gasteiger partial charge on any atom is 0.199 e. The molecule has 3 aromatic rings. The third-order valence-electron chi connectivity index (χ3n) is 3.12. The van der Waals surface area contributed by atoms with Crippen molar-refractivity contribution in [3.05, 3.63) is 46.1 Å². The minimum absolute atomic E-state index is 0.274. The van der Waals surface area contributed by atoms with Crippen molar-refractivity contribution >= 4 is 41.2 Å². The Balaban J connectivity index is 1.97. The van der Waals surface area contributed by atoms with Gasteiger partial charge >= 0.3 is 0 Å². The highest BCUT2D eigenvalue weighted by Crippen LogP contribution is 2.33. The van der Waals surface area contributed by atoms with Crippen LogP contribution in [0.25, 0.3) is 11.4 Å². The van der Waals surface area contributed by atoms with Crippen LogP contribution in [0.5, 0.6) is 0 Å². The number of halogens is 2. The molecule has 0 atom stereocenters. The van der Waals surface area contributed by atoms with Crippen LogP contribution in [0.3, 0.4) is 0 Å². The maximum absolute atomic E-state index is 10.7. The summed E-state index contributed by atoms with van der Waals surface area (Å²) in [5, 5.41) is 10.7. The van der Waals surface area contributed by atoms with Crippen LogP contribution < -0.4 is 0 Å². The van der Waals surface area contributed by atoms with E-state index < -0.39 is 0 Å². The van der Waals surface area contributed by atoms with E-state index in [1.807, 2.05) is 17.6 Å². The molecule has 0 radical (unpaired) electrons. The molecule has 0 fully saturated rings. The van der Waals surface area contributed by atoms with E-state index in [2.05, 4.69) is 10.2 Å². The van der Waals surface area contributed by atoms with Gasteiger partial charge in [0.25, 0.3) is 0 Å². The summed E-state index contributed by atoms with van der Waals surface area (Å²) in [6.07, 6.45) is 0.660. The number of benzene rings is 1. The van der Waals surface area contributed by atoms with Gasteiger partial charge < -0.3 is 8.98 Å². The number of furan rings is 1. The second kappa shape index (κ2) is 6.78. The van der Waals surface area contributed by atoms with Gasteiger partial charge in [-0.25, -0.2) is 0 Å². The summed E-state index contributed by atoms with van der Waals surface area (Å²) in [5.74, 6) is 0.926. The van der Waals surface area contributed by atoms with E-state index in [0.29, 0.717) is 38.9 Å². The molecule has 3 rings (SSSR count). The quantitative estimate of drug-likeness (QED) is 0.604. The van der Waals surface area contributed by atoms with Crippen molar-refractivity contribution in [3.63, 3.8) is 0 Å². The van der Waals surface area contributed by atoms with Crippen molar-refractivity contribution in [3.8, 4) is 11.4 Å². The third-order valence-corrected chi connectivity index (χ3v) is 4.57. The van der Waals surface area contributed by atoms with Crippen molar-refractivity contribution in [2.24, 2.45) is 0 Å². The number of rotatable bonds is 5. The maximum atomic E-state index is 10.7. The SMILES string of the molecule is CCn1c(Sc2ccc(C=O)o2)nnc1-c1ccc(Cl)cc1Cl. The molecular weight excluding hydrogens is 357 g/mol. The number of aldehydes is 1. The first-order chi connectivity index (χ1) is 11.1. The van der Waals surface area contributed by atoms with E-state index in [-0.39, 0.29) is 5.76 Å². The smallest absolute Gasteiger partial charge is 0.199 e. The van der Waals surface area contributed by atoms with Crippen molar-refractivity contribution in [1.82, 2.24) is 14.8 Å². The van der Waals surface area contributed by atoms with Crippen molar-refractivity contribution in [1.29, 1.82) is 0 Å². The normalized spacial score (nSPS) is 10.9. The van der Waals surface area contributed by atoms with Crippen LogP contribution in [0.4, 0.5) is 0 Å². The minimum Gasteiger partial charge on any atom is -0.447 e. The first-order valence-corrected chi connectivity index (χ1v) is 8.31. The standard InChI is InChI=1S/C15H11Cl2N3O2S/c1-2-20-14(11-5-3-9(16)7-12(11)17)18-19-15(20)23-13-6-4-10(8-21)22-13/h3-8H,2H2,1H3. The van der Waals surface area contributed by atoms with Gasteiger partial charge in [0, 0.05) is 17.1 Å². The molecule has 0 bridgehead atoms. The van der Waals surface area contributed by atoms with Crippen molar-refractivity contribution < 1.29 is 9.21 Å². The highest BCUT2D eigenvalue weighted by molar-refractivity contribution is 7.99. The van der Waals surface area contributed by atoms with Crippen molar-refractivity contribution in [2.75, 3.05) is 0 Å². The van der Waals surface area contributed by atoms with E-state index in [0.717, 1.165) is 5.56 Å². The summed E-state index contributed by atoms with van der Waals surface area (Å²) in [4.78, 5) is 10.7. The van der Waals surface area contributed by atoms with Crippen LogP contribution >= 0.6 is 35.0 Å². The molecule has 23 heavy (non-hydrogen) atoms. The predicted octanol–water partition coefficient (Wildman–Crippen LogP) is 4.83. The largest absolute Gasteiger partial charge is 0.447 e. The van der Waals surface area contributed by atoms with Crippen LogP contribution in [0.1, 0.15) is 17.5 Å². The van der Waals surface area contributed by atoms with Gasteiger partial charge in [-0.1, -0.05) is 23.2 Å². The predicted molar refractivity (Wildman–Crippen MR) is 89.4 cm³/mol. The van der Waals surface area contributed by atoms with E-state index in [1.165, 1.54) is 11.8 Å². The summed E-state index contributed by atoms with van der Waals surface area (Å²) in [6, 6.07) is 8.57. The summed E-state index contributed by atoms with van der Waals surface area (Å²) in [5.41, 5.74) is 0.755. The highest BCUT2D eigenvalue weighted by atomic mass is 35.5. The summed E-state index contributed by atoms with van der Waals surface area (Å²) < 4.78 is 7.28. The second-order valence-electron chi connectivity index (χ2n) is 4.55. The molecule has 0 saturated heterocycles. The molecule has 2 heterocycles. The Morgan fingerprint density at radius 3 is 2.74 bits per heavy atom. The Hall–Kier alpha value is -1.76. The number of hydrogen-bond acceptors (Lipinski definition) is 5. The fourth-order valence-corrected chi connectivity index (χ4v) is 3.42. The van der Waals surface area contributed by atoms with Crippen LogP contribution in [0, 0.1) is 0 Å². The van der Waals surface area contributed by atoms with Gasteiger partial charge in [0.1, 0.15) is 0 Å². The molecule has 0 saturated carbocycles. The van der Waals surface area contributed by atoms with Crippen molar-refractivity contribution in [2.45, 2.75) is 23.7 Å². The molecule has 0 unspecified atom stereocenters. The van der Waals surface area contributed by atoms with Crippen LogP contribution in [0.15, 0.2) is 45.0 Å². The van der Waals surface area contributed by atoms with Gasteiger partial charge in [0.15, 0.2) is 28.1 Å². The Bertz CT molecular complexity index is 860. The minimum atomic E-state index is 0.274. The lowest BCUT2D eigenvalue weighted by molar-refractivity contribution is 0.109. The molecule has 2 aromatic heterocycles. The Kier molecular flexibility index (Phi) is 4.75. The zero-order valence-electron chi connectivity index (χ0n) is 12.0. The lowest BCUT2D eigenvalue weighted by Crippen LogP contribution is -1.99. The Morgan fingerprint density at radius 2 is 2.09 bits per heavy atom. The fourth-order valence-electron chi connectivity index (χ4n) is 2.06. The first-order valence-electron chi connectivity index (χ1n) is 6.74. The van der Waals surface area contributed by atoms with Gasteiger partial charge in [-0.05, 0) is 49.0 Å². The molecule has 0 aliphatic heterocycles. The van der Waals surface area contributed by atoms with Gasteiger partial charge in [-0.2, -0.15) is 0 Å². The molecule has 0 aliphatic rings. The zero-order valence-corrected chi connectivity index (χ0v) is 14.3. The lowest BCUT2D eigenvalue weighted by Gasteiger charge is -2.08. The summed E-state index contributed by atoms with van der Waals surface area (Å²) in [7, 11) is 0. The summed E-state index contributed by atoms with van der Waals surface area (Å²) in [6.45, 7) is 2.64. The molecule has 1 aromatic carbocycles. The monoisotopic (exact) mass is 367 g/mol. The number of carbonyl (C=O) groups excluding carboxylic acids is 1. The van der Waals surface area contributed by atoms with E-state index in [9.17, 15) is 4.79 Å². The van der Waals surface area contributed by atoms with Crippen LogP contribution in [-0.4, -0.2) is 21.1 Å². The molecule has 0 amide bonds. The topological polar surface area (TPSA) is 60.9 Å². The number of hydrogen-bond donors (Lipinski definition) is 0. The molecule has 0 N–H and O–H groups in total. The average molecular weight is 368 g/mol. The van der Waals surface area contributed by atoms with Gasteiger partial charge in [-0.15, -0.1) is 10.2 Å². The van der Waals surface area contributed by atoms with E-state index in [4.69, 9.17) is 27.6 Å². The summed E-state index contributed by atoms with van der Waals surface area (Å²) >= 11 is 13.5. The zero-order chi connectivity index (χ0) is 16.4. The van der Waals surface area contributed by atoms with Gasteiger partial charge in [0.05, 0.1) is 5.02 Å². The Morgan fingerprint density at radius 1 is 1.26 bits per heavy atom. The average Bonchev–Trinajstić information content (AvgIpc) is 3.14. The lowest BCUT2D eigenvalue weighted by atomic mass is 10.2. The first kappa shape index (κ1) is 16.1. The van der Waals surface area contributed by atoms with Crippen LogP contribution in [-0.2, 0) is 6.54 Å². The van der Waals surface area contributed by atoms with E-state index >= 15 is 0 Å². The van der Waals surface area contributed by atoms with Crippen LogP contribution in [0.2, 0.25) is 10.0 Å². The molecular formula is C15H11Cl2N3O2S. The second-order valence-corrected chi connectivity index (χ2v) is 6.37. The fraction of sp³-hybridized carbons (Fsp3) is 0.133.